The number of rotatable bonds is 10. The van der Waals surface area contributed by atoms with Crippen molar-refractivity contribution in [3.63, 3.8) is 0 Å². The lowest BCUT2D eigenvalue weighted by molar-refractivity contribution is -0.145. The summed E-state index contributed by atoms with van der Waals surface area (Å²) in [4.78, 5) is 33.0. The molecule has 2 heterocycles. The van der Waals surface area contributed by atoms with Gasteiger partial charge in [-0.3, -0.25) is 9.59 Å². The average molecular weight is 496 g/mol. The number of ether oxygens (including phenoxy) is 2. The van der Waals surface area contributed by atoms with Crippen molar-refractivity contribution in [1.82, 2.24) is 9.97 Å². The smallest absolute Gasteiger partial charge is 0.306 e. The molecule has 0 saturated heterocycles. The number of esters is 1. The lowest BCUT2D eigenvalue weighted by Gasteiger charge is -2.08. The Morgan fingerprint density at radius 3 is 2.74 bits per heavy atom. The van der Waals surface area contributed by atoms with Gasteiger partial charge in [-0.1, -0.05) is 12.1 Å². The molecule has 1 amide bonds. The van der Waals surface area contributed by atoms with Gasteiger partial charge in [0.15, 0.2) is 11.7 Å². The second-order valence-corrected chi connectivity index (χ2v) is 8.39. The summed E-state index contributed by atoms with van der Waals surface area (Å²) in [5.74, 6) is 0.480. The Labute approximate surface area is 204 Å². The average Bonchev–Trinajstić information content (AvgIpc) is 3.52. The van der Waals surface area contributed by atoms with E-state index in [9.17, 15) is 14.0 Å². The predicted molar refractivity (Wildman–Crippen MR) is 127 cm³/mol. The van der Waals surface area contributed by atoms with E-state index < -0.39 is 5.97 Å². The highest BCUT2D eigenvalue weighted by molar-refractivity contribution is 7.09. The molecule has 8 nitrogen and oxygen atoms in total. The van der Waals surface area contributed by atoms with Gasteiger partial charge in [-0.15, -0.1) is 11.3 Å². The van der Waals surface area contributed by atoms with Crippen LogP contribution in [0.15, 0.2) is 64.5 Å². The standard InChI is InChI=1S/C25H22FN3O5S/c1-32-20-5-3-2-4-19(20)29-22(30)12-24-28-18(15-35-24)14-33-25(31)11-10-23-27-13-21(34-23)16-6-8-17(26)9-7-16/h2-9,13,15H,10-12,14H2,1H3,(H,29,30). The number of nitrogens with one attached hydrogen (secondary N) is 1. The van der Waals surface area contributed by atoms with Gasteiger partial charge >= 0.3 is 5.97 Å². The maximum atomic E-state index is 13.1. The van der Waals surface area contributed by atoms with E-state index in [2.05, 4.69) is 15.3 Å². The van der Waals surface area contributed by atoms with Gasteiger partial charge < -0.3 is 19.2 Å². The zero-order valence-corrected chi connectivity index (χ0v) is 19.6. The van der Waals surface area contributed by atoms with Gasteiger partial charge in [0.2, 0.25) is 5.91 Å². The molecule has 0 fully saturated rings. The first-order valence-corrected chi connectivity index (χ1v) is 11.6. The molecule has 0 bridgehead atoms. The van der Waals surface area contributed by atoms with Crippen molar-refractivity contribution in [3.8, 4) is 17.1 Å². The van der Waals surface area contributed by atoms with E-state index in [1.807, 2.05) is 6.07 Å². The van der Waals surface area contributed by atoms with E-state index >= 15 is 0 Å². The second kappa shape index (κ2) is 11.4. The van der Waals surface area contributed by atoms with Crippen molar-refractivity contribution in [2.75, 3.05) is 12.4 Å². The second-order valence-electron chi connectivity index (χ2n) is 7.44. The van der Waals surface area contributed by atoms with Gasteiger partial charge in [0.25, 0.3) is 0 Å². The number of anilines is 1. The first-order valence-electron chi connectivity index (χ1n) is 10.7. The minimum atomic E-state index is -0.421. The summed E-state index contributed by atoms with van der Waals surface area (Å²) in [7, 11) is 1.54. The number of carbonyl (C=O) groups excluding carboxylic acids is 2. The minimum Gasteiger partial charge on any atom is -0.495 e. The first-order chi connectivity index (χ1) is 17.0. The van der Waals surface area contributed by atoms with E-state index in [0.717, 1.165) is 0 Å². The normalized spacial score (nSPS) is 10.7. The molecule has 0 atom stereocenters. The highest BCUT2D eigenvalue weighted by Crippen LogP contribution is 2.24. The highest BCUT2D eigenvalue weighted by atomic mass is 32.1. The number of benzene rings is 2. The van der Waals surface area contributed by atoms with E-state index in [1.165, 1.54) is 36.8 Å². The molecule has 0 aliphatic rings. The van der Waals surface area contributed by atoms with Crippen molar-refractivity contribution in [2.45, 2.75) is 25.9 Å². The van der Waals surface area contributed by atoms with Crippen LogP contribution in [0.4, 0.5) is 10.1 Å². The van der Waals surface area contributed by atoms with E-state index in [0.29, 0.717) is 39.4 Å². The third kappa shape index (κ3) is 6.73. The van der Waals surface area contributed by atoms with Crippen molar-refractivity contribution >= 4 is 28.9 Å². The van der Waals surface area contributed by atoms with Crippen LogP contribution >= 0.6 is 11.3 Å². The molecule has 0 saturated carbocycles. The summed E-state index contributed by atoms with van der Waals surface area (Å²) < 4.78 is 29.2. The zero-order valence-electron chi connectivity index (χ0n) is 18.8. The molecule has 0 spiro atoms. The Hall–Kier alpha value is -4.05. The molecular formula is C25H22FN3O5S. The molecule has 10 heteroatoms. The third-order valence-corrected chi connectivity index (χ3v) is 5.80. The number of hydrogen-bond acceptors (Lipinski definition) is 8. The minimum absolute atomic E-state index is 0.00979. The van der Waals surface area contributed by atoms with Crippen LogP contribution in [-0.2, 0) is 33.8 Å². The van der Waals surface area contributed by atoms with Crippen LogP contribution in [0.3, 0.4) is 0 Å². The van der Waals surface area contributed by atoms with E-state index in [1.54, 1.807) is 35.7 Å². The number of amides is 1. The summed E-state index contributed by atoms with van der Waals surface area (Å²) >= 11 is 1.32. The third-order valence-electron chi connectivity index (χ3n) is 4.90. The molecule has 0 aliphatic heterocycles. The first kappa shape index (κ1) is 24.1. The molecule has 4 aromatic rings. The van der Waals surface area contributed by atoms with Crippen molar-refractivity contribution in [1.29, 1.82) is 0 Å². The number of halogens is 1. The molecule has 0 aliphatic carbocycles. The van der Waals surface area contributed by atoms with Crippen LogP contribution in [0.25, 0.3) is 11.3 Å². The van der Waals surface area contributed by atoms with Crippen LogP contribution in [0.5, 0.6) is 5.75 Å². The number of methoxy groups -OCH3 is 1. The van der Waals surface area contributed by atoms with Crippen molar-refractivity contribution in [2.24, 2.45) is 0 Å². The number of nitrogens with zero attached hydrogens (tertiary/aromatic N) is 2. The van der Waals surface area contributed by atoms with Crippen LogP contribution < -0.4 is 10.1 Å². The molecule has 0 unspecified atom stereocenters. The van der Waals surface area contributed by atoms with Crippen molar-refractivity contribution in [3.05, 3.63) is 82.5 Å². The van der Waals surface area contributed by atoms with Gasteiger partial charge in [0.1, 0.15) is 23.2 Å². The molecule has 2 aromatic heterocycles. The monoisotopic (exact) mass is 495 g/mol. The number of aryl methyl sites for hydroxylation is 1. The van der Waals surface area contributed by atoms with Gasteiger partial charge in [-0.25, -0.2) is 14.4 Å². The Kier molecular flexibility index (Phi) is 7.84. The summed E-state index contributed by atoms with van der Waals surface area (Å²) in [6.07, 6.45) is 1.99. The molecule has 35 heavy (non-hydrogen) atoms. The fraction of sp³-hybridized carbons (Fsp3) is 0.200. The fourth-order valence-electron chi connectivity index (χ4n) is 3.19. The summed E-state index contributed by atoms with van der Waals surface area (Å²) in [6.45, 7) is 0.00979. The number of carbonyl (C=O) groups is 2. The Bertz CT molecular complexity index is 1300. The summed E-state index contributed by atoms with van der Waals surface area (Å²) in [5.41, 5.74) is 1.85. The number of para-hydroxylation sites is 2. The maximum Gasteiger partial charge on any atom is 0.306 e. The quantitative estimate of drug-likeness (QED) is 0.315. The summed E-state index contributed by atoms with van der Waals surface area (Å²) in [6, 6.07) is 13.0. The van der Waals surface area contributed by atoms with Gasteiger partial charge in [0.05, 0.1) is 37.5 Å². The number of oxazole rings is 1. The zero-order chi connectivity index (χ0) is 24.6. The number of hydrogen-bond donors (Lipinski definition) is 1. The molecule has 2 aromatic carbocycles. The predicted octanol–water partition coefficient (Wildman–Crippen LogP) is 4.80. The lowest BCUT2D eigenvalue weighted by Crippen LogP contribution is -2.15. The highest BCUT2D eigenvalue weighted by Gasteiger charge is 2.13. The van der Waals surface area contributed by atoms with E-state index in [4.69, 9.17) is 13.9 Å². The Balaban J connectivity index is 1.21. The largest absolute Gasteiger partial charge is 0.495 e. The fourth-order valence-corrected chi connectivity index (χ4v) is 3.96. The molecule has 180 valence electrons. The molecule has 1 N–H and O–H groups in total. The lowest BCUT2D eigenvalue weighted by atomic mass is 10.2. The van der Waals surface area contributed by atoms with E-state index in [-0.39, 0.29) is 37.6 Å². The van der Waals surface area contributed by atoms with Gasteiger partial charge in [0, 0.05) is 17.4 Å². The van der Waals surface area contributed by atoms with Crippen molar-refractivity contribution < 1.29 is 27.9 Å². The molecule has 0 radical (unpaired) electrons. The topological polar surface area (TPSA) is 104 Å². The van der Waals surface area contributed by atoms with Crippen LogP contribution in [0.2, 0.25) is 0 Å². The van der Waals surface area contributed by atoms with Gasteiger partial charge in [-0.2, -0.15) is 0 Å². The molecule has 4 rings (SSSR count). The maximum absolute atomic E-state index is 13.1. The Morgan fingerprint density at radius 1 is 1.14 bits per heavy atom. The van der Waals surface area contributed by atoms with Crippen LogP contribution in [-0.4, -0.2) is 29.0 Å². The number of aromatic nitrogens is 2. The van der Waals surface area contributed by atoms with Gasteiger partial charge in [-0.05, 0) is 36.4 Å². The summed E-state index contributed by atoms with van der Waals surface area (Å²) in [5, 5.41) is 5.16. The van der Waals surface area contributed by atoms with Crippen LogP contribution in [0, 0.1) is 5.82 Å². The van der Waals surface area contributed by atoms with Crippen LogP contribution in [0.1, 0.15) is 23.0 Å². The molecular weight excluding hydrogens is 473 g/mol. The number of thiazole rings is 1. The SMILES string of the molecule is COc1ccccc1NC(=O)Cc1nc(COC(=O)CCc2ncc(-c3ccc(F)cc3)o2)cs1. The Morgan fingerprint density at radius 2 is 1.94 bits per heavy atom.